The average molecular weight is 354 g/mol. The predicted octanol–water partition coefficient (Wildman–Crippen LogP) is -2.86. The quantitative estimate of drug-likeness (QED) is 0.517. The second kappa shape index (κ2) is 11.5. The number of hydrogen-bond acceptors (Lipinski definition) is 5. The lowest BCUT2D eigenvalue weighted by atomic mass is 10.3. The van der Waals surface area contributed by atoms with Crippen molar-refractivity contribution in [2.75, 3.05) is 79.8 Å². The summed E-state index contributed by atoms with van der Waals surface area (Å²) in [4.78, 5) is 28.2. The van der Waals surface area contributed by atoms with Crippen LogP contribution >= 0.6 is 7.60 Å². The monoisotopic (exact) mass is 354 g/mol. The summed E-state index contributed by atoms with van der Waals surface area (Å²) in [6.07, 6.45) is 1.83. The predicted molar refractivity (Wildman–Crippen MR) is 90.7 cm³/mol. The lowest BCUT2D eigenvalue weighted by Gasteiger charge is -2.30. The Balaban J connectivity index is 0.00000484. The molecule has 0 aromatic heterocycles. The minimum atomic E-state index is -4.22. The third kappa shape index (κ3) is 12.0. The van der Waals surface area contributed by atoms with Crippen LogP contribution in [0.2, 0.25) is 0 Å². The van der Waals surface area contributed by atoms with Gasteiger partial charge in [0.25, 0.3) is 0 Å². The Morgan fingerprint density at radius 2 is 1.57 bits per heavy atom. The lowest BCUT2D eigenvalue weighted by molar-refractivity contribution is -0.879. The van der Waals surface area contributed by atoms with Crippen LogP contribution < -0.4 is 9.79 Å². The summed E-state index contributed by atoms with van der Waals surface area (Å²) in [5.41, 5.74) is 0. The standard InChI is InChI=1S/C14H33N4O3P.H2O/c1-15-6-4-7-17(3)12-13-18(14-22(19,20)21)9-5-8-16(2)11-10-15;/h4-14H2,1-3H3,(H2,19,20,21);1H2. The summed E-state index contributed by atoms with van der Waals surface area (Å²) in [5, 5.41) is 0. The maximum absolute atomic E-state index is 11.2. The summed E-state index contributed by atoms with van der Waals surface area (Å²) in [7, 11) is 2.20. The van der Waals surface area contributed by atoms with Gasteiger partial charge in [0.1, 0.15) is 7.60 Å². The zero-order chi connectivity index (χ0) is 16.6. The minimum Gasteiger partial charge on any atom is -0.778 e. The van der Waals surface area contributed by atoms with E-state index in [1.54, 1.807) is 0 Å². The van der Waals surface area contributed by atoms with Crippen LogP contribution in [-0.4, -0.2) is 105 Å². The highest BCUT2D eigenvalue weighted by Crippen LogP contribution is 2.29. The van der Waals surface area contributed by atoms with E-state index in [1.807, 2.05) is 4.90 Å². The van der Waals surface area contributed by atoms with E-state index in [4.69, 9.17) is 4.89 Å². The summed E-state index contributed by atoms with van der Waals surface area (Å²) in [6, 6.07) is 0. The number of rotatable bonds is 2. The van der Waals surface area contributed by atoms with Gasteiger partial charge in [-0.25, -0.2) is 0 Å². The number of hydrogen-bond donors (Lipinski definition) is 2. The Kier molecular flexibility index (Phi) is 11.5. The van der Waals surface area contributed by atoms with Gasteiger partial charge in [-0.1, -0.05) is 0 Å². The normalized spacial score (nSPS) is 27.6. The molecule has 0 bridgehead atoms. The maximum atomic E-state index is 11.2. The van der Waals surface area contributed by atoms with Crippen LogP contribution in [0.3, 0.4) is 0 Å². The van der Waals surface area contributed by atoms with Gasteiger partial charge in [0.2, 0.25) is 0 Å². The zero-order valence-corrected chi connectivity index (χ0v) is 15.7. The van der Waals surface area contributed by atoms with Crippen molar-refractivity contribution < 1.29 is 24.7 Å². The van der Waals surface area contributed by atoms with Gasteiger partial charge in [0, 0.05) is 39.1 Å². The molecule has 8 nitrogen and oxygen atoms in total. The van der Waals surface area contributed by atoms with Gasteiger partial charge in [-0.05, 0) is 27.1 Å². The van der Waals surface area contributed by atoms with Crippen LogP contribution in [0.1, 0.15) is 12.8 Å². The molecule has 0 aromatic rings. The van der Waals surface area contributed by atoms with Gasteiger partial charge in [-0.2, -0.15) is 0 Å². The molecule has 0 aromatic carbocycles. The van der Waals surface area contributed by atoms with Gasteiger partial charge in [0.15, 0.2) is 0 Å². The Morgan fingerprint density at radius 1 is 1.00 bits per heavy atom. The van der Waals surface area contributed by atoms with E-state index < -0.39 is 7.60 Å². The third-order valence-electron chi connectivity index (χ3n) is 4.25. The van der Waals surface area contributed by atoms with Crippen LogP contribution in [0, 0.1) is 0 Å². The van der Waals surface area contributed by atoms with E-state index in [9.17, 15) is 9.46 Å². The molecule has 9 heteroatoms. The largest absolute Gasteiger partial charge is 0.778 e. The molecule has 23 heavy (non-hydrogen) atoms. The fraction of sp³-hybridized carbons (Fsp3) is 1.00. The fourth-order valence-corrected chi connectivity index (χ4v) is 3.55. The second-order valence-corrected chi connectivity index (χ2v) is 8.23. The Hall–Kier alpha value is -0.0500. The molecule has 2 unspecified atom stereocenters. The molecule has 1 aliphatic heterocycles. The van der Waals surface area contributed by atoms with Gasteiger partial charge < -0.3 is 34.5 Å². The first-order valence-corrected chi connectivity index (χ1v) is 9.96. The number of nitrogens with one attached hydrogen (secondary N) is 1. The molecule has 0 saturated carbocycles. The highest BCUT2D eigenvalue weighted by Gasteiger charge is 2.15. The van der Waals surface area contributed by atoms with E-state index in [0.29, 0.717) is 13.1 Å². The van der Waals surface area contributed by atoms with E-state index in [0.717, 1.165) is 52.1 Å². The van der Waals surface area contributed by atoms with Gasteiger partial charge >= 0.3 is 0 Å². The summed E-state index contributed by atoms with van der Waals surface area (Å²) in [6.45, 7) is 7.54. The van der Waals surface area contributed by atoms with Crippen molar-refractivity contribution in [3.8, 4) is 0 Å². The fourth-order valence-electron chi connectivity index (χ4n) is 2.76. The zero-order valence-electron chi connectivity index (χ0n) is 14.8. The van der Waals surface area contributed by atoms with E-state index in [2.05, 4.69) is 30.9 Å². The van der Waals surface area contributed by atoms with Crippen LogP contribution in [0.4, 0.5) is 0 Å². The van der Waals surface area contributed by atoms with Gasteiger partial charge in [-0.3, -0.25) is 4.90 Å². The molecular weight excluding hydrogens is 319 g/mol. The number of quaternary nitrogens is 1. The molecule has 0 radical (unpaired) electrons. The van der Waals surface area contributed by atoms with Crippen molar-refractivity contribution in [1.82, 2.24) is 14.7 Å². The summed E-state index contributed by atoms with van der Waals surface area (Å²) >= 11 is 0. The van der Waals surface area contributed by atoms with Crippen LogP contribution in [0.25, 0.3) is 0 Å². The molecule has 1 heterocycles. The molecule has 1 rings (SSSR count). The van der Waals surface area contributed by atoms with Crippen LogP contribution in [0.15, 0.2) is 0 Å². The highest BCUT2D eigenvalue weighted by atomic mass is 31.2. The van der Waals surface area contributed by atoms with Crippen molar-refractivity contribution >= 4 is 7.60 Å². The summed E-state index contributed by atoms with van der Waals surface area (Å²) in [5.74, 6) is 0. The number of likely N-dealkylation sites (N-methyl/N-ethyl adjacent to an activating group) is 3. The molecule has 1 aliphatic rings. The molecule has 4 N–H and O–H groups in total. The van der Waals surface area contributed by atoms with E-state index in [-0.39, 0.29) is 11.8 Å². The first kappa shape index (κ1) is 22.9. The lowest BCUT2D eigenvalue weighted by Crippen LogP contribution is -3.09. The molecular formula is C14H35N4O4P. The molecule has 2 atom stereocenters. The van der Waals surface area contributed by atoms with E-state index >= 15 is 0 Å². The smallest absolute Gasteiger partial charge is 0.146 e. The molecule has 0 aliphatic carbocycles. The second-order valence-electron chi connectivity index (χ2n) is 6.67. The van der Waals surface area contributed by atoms with Crippen LogP contribution in [0.5, 0.6) is 0 Å². The molecule has 140 valence electrons. The SMILES string of the molecule is CN1CCCN(CP(=O)([O-])O)CC[NH+](C)CCCN(C)CC1.O. The van der Waals surface area contributed by atoms with Crippen molar-refractivity contribution in [1.29, 1.82) is 0 Å². The minimum absolute atomic E-state index is 0. The molecule has 1 fully saturated rings. The first-order valence-electron chi connectivity index (χ1n) is 8.20. The van der Waals surface area contributed by atoms with Gasteiger partial charge in [-0.15, -0.1) is 0 Å². The Morgan fingerprint density at radius 3 is 2.13 bits per heavy atom. The average Bonchev–Trinajstić information content (AvgIpc) is 2.40. The maximum Gasteiger partial charge on any atom is 0.146 e. The highest BCUT2D eigenvalue weighted by molar-refractivity contribution is 7.50. The molecule has 1 saturated heterocycles. The van der Waals surface area contributed by atoms with Crippen molar-refractivity contribution in [2.45, 2.75) is 12.8 Å². The summed E-state index contributed by atoms with van der Waals surface area (Å²) < 4.78 is 11.2. The molecule has 0 spiro atoms. The van der Waals surface area contributed by atoms with Crippen molar-refractivity contribution in [3.63, 3.8) is 0 Å². The topological polar surface area (TPSA) is 106 Å². The van der Waals surface area contributed by atoms with Crippen molar-refractivity contribution in [2.24, 2.45) is 0 Å². The molecule has 0 amide bonds. The van der Waals surface area contributed by atoms with Crippen molar-refractivity contribution in [3.05, 3.63) is 0 Å². The Bertz CT molecular complexity index is 356. The van der Waals surface area contributed by atoms with E-state index in [1.165, 1.54) is 4.90 Å². The Labute approximate surface area is 140 Å². The first-order chi connectivity index (χ1) is 10.3. The van der Waals surface area contributed by atoms with Crippen LogP contribution in [-0.2, 0) is 4.57 Å². The third-order valence-corrected chi connectivity index (χ3v) is 5.01. The number of nitrogens with zero attached hydrogens (tertiary/aromatic N) is 3. The van der Waals surface area contributed by atoms with Gasteiger partial charge in [0.05, 0.1) is 26.4 Å².